The summed E-state index contributed by atoms with van der Waals surface area (Å²) in [5.74, 6) is -1.47. The van der Waals surface area contributed by atoms with E-state index in [9.17, 15) is 19.2 Å². The predicted octanol–water partition coefficient (Wildman–Crippen LogP) is 3.01. The topological polar surface area (TPSA) is 74.8 Å². The average Bonchev–Trinajstić information content (AvgIpc) is 2.95. The maximum atomic E-state index is 13.8. The van der Waals surface area contributed by atoms with Gasteiger partial charge in [0.25, 0.3) is 11.8 Å². The average molecular weight is 422 g/mol. The van der Waals surface area contributed by atoms with Crippen LogP contribution in [0.4, 0.5) is 11.4 Å². The highest BCUT2D eigenvalue weighted by atomic mass is 16.2. The molecule has 1 saturated carbocycles. The number of imide groups is 2. The molecule has 32 heavy (non-hydrogen) atoms. The fourth-order valence-electron chi connectivity index (χ4n) is 7.33. The number of carbonyl (C=O) groups excluding carboxylic acids is 4. The van der Waals surface area contributed by atoms with Crippen molar-refractivity contribution in [2.45, 2.75) is 13.8 Å². The number of benzene rings is 2. The Morgan fingerprint density at radius 3 is 1.44 bits per heavy atom. The quantitative estimate of drug-likeness (QED) is 0.698. The molecule has 6 nitrogen and oxygen atoms in total. The minimum atomic E-state index is -1.14. The van der Waals surface area contributed by atoms with Gasteiger partial charge in [-0.25, -0.2) is 9.80 Å². The van der Waals surface area contributed by atoms with Crippen LogP contribution in [-0.2, 0) is 19.2 Å². The lowest BCUT2D eigenvalue weighted by Gasteiger charge is -2.42. The van der Waals surface area contributed by atoms with Crippen LogP contribution in [0.1, 0.15) is 13.8 Å². The third kappa shape index (κ3) is 1.32. The van der Waals surface area contributed by atoms with Crippen molar-refractivity contribution in [1.29, 1.82) is 0 Å². The highest BCUT2D eigenvalue weighted by molar-refractivity contribution is 6.38. The summed E-state index contributed by atoms with van der Waals surface area (Å²) < 4.78 is 0. The van der Waals surface area contributed by atoms with Crippen LogP contribution in [-0.4, -0.2) is 23.6 Å². The molecular weight excluding hydrogens is 404 g/mol. The number of hydrogen-bond donors (Lipinski definition) is 0. The Balaban J connectivity index is 1.47. The predicted molar refractivity (Wildman–Crippen MR) is 115 cm³/mol. The summed E-state index contributed by atoms with van der Waals surface area (Å²) in [6.07, 6.45) is 3.43. The van der Waals surface area contributed by atoms with Crippen molar-refractivity contribution in [1.82, 2.24) is 0 Å². The summed E-state index contributed by atoms with van der Waals surface area (Å²) in [5.41, 5.74) is -2.26. The van der Waals surface area contributed by atoms with Crippen molar-refractivity contribution < 1.29 is 19.2 Å². The molecule has 2 aromatic carbocycles. The zero-order valence-corrected chi connectivity index (χ0v) is 17.5. The number of carbonyl (C=O) groups is 4. The first-order valence-electron chi connectivity index (χ1n) is 10.6. The van der Waals surface area contributed by atoms with Gasteiger partial charge in [0.05, 0.1) is 22.2 Å². The second-order valence-corrected chi connectivity index (χ2v) is 9.54. The number of amides is 4. The van der Waals surface area contributed by atoms with E-state index in [1.54, 1.807) is 60.7 Å². The summed E-state index contributed by atoms with van der Waals surface area (Å²) in [5, 5.41) is 0. The molecule has 3 fully saturated rings. The lowest BCUT2D eigenvalue weighted by Crippen LogP contribution is -2.52. The van der Waals surface area contributed by atoms with Gasteiger partial charge in [-0.15, -0.1) is 0 Å². The molecule has 2 spiro atoms. The molecule has 2 saturated heterocycles. The summed E-state index contributed by atoms with van der Waals surface area (Å²) in [7, 11) is 0. The molecule has 2 aliphatic heterocycles. The number of anilines is 2. The van der Waals surface area contributed by atoms with Crippen molar-refractivity contribution in [3.63, 3.8) is 0 Å². The van der Waals surface area contributed by atoms with E-state index in [0.717, 1.165) is 0 Å². The van der Waals surface area contributed by atoms with Gasteiger partial charge in [-0.1, -0.05) is 62.4 Å². The Kier molecular flexibility index (Phi) is 2.69. The van der Waals surface area contributed by atoms with Gasteiger partial charge >= 0.3 is 0 Å². The lowest BCUT2D eigenvalue weighted by atomic mass is 9.65. The van der Waals surface area contributed by atoms with Gasteiger partial charge in [0.15, 0.2) is 0 Å². The van der Waals surface area contributed by atoms with E-state index >= 15 is 0 Å². The van der Waals surface area contributed by atoms with E-state index in [2.05, 4.69) is 0 Å². The molecule has 0 radical (unpaired) electrons. The van der Waals surface area contributed by atoms with Gasteiger partial charge in [-0.2, -0.15) is 0 Å². The van der Waals surface area contributed by atoms with E-state index in [0.29, 0.717) is 22.5 Å². The van der Waals surface area contributed by atoms with Crippen molar-refractivity contribution >= 4 is 35.0 Å². The number of para-hydroxylation sites is 2. The standard InChI is InChI=1S/C26H18N2O4/c1-23-17-13-25-21(31)28(16-11-7-4-8-12-16)22(32)26(25,24(23,25)2)14-18(23)20(30)27(19(17)29)15-9-5-3-6-10-15/h3-14H,1-2H3. The zero-order valence-electron chi connectivity index (χ0n) is 17.5. The van der Waals surface area contributed by atoms with Gasteiger partial charge < -0.3 is 0 Å². The van der Waals surface area contributed by atoms with Gasteiger partial charge in [0.1, 0.15) is 0 Å². The molecule has 2 heterocycles. The summed E-state index contributed by atoms with van der Waals surface area (Å²) >= 11 is 0. The molecule has 0 N–H and O–H groups in total. The molecule has 2 atom stereocenters. The summed E-state index contributed by atoms with van der Waals surface area (Å²) in [6.45, 7) is 3.73. The van der Waals surface area contributed by atoms with Gasteiger partial charge in [-0.3, -0.25) is 19.2 Å². The maximum absolute atomic E-state index is 13.8. The second kappa shape index (κ2) is 4.83. The zero-order chi connectivity index (χ0) is 22.3. The Bertz CT molecular complexity index is 1330. The van der Waals surface area contributed by atoms with E-state index in [1.807, 2.05) is 26.0 Å². The number of hydrogen-bond acceptors (Lipinski definition) is 4. The first kappa shape index (κ1) is 17.8. The highest BCUT2D eigenvalue weighted by Gasteiger charge is 3.03. The van der Waals surface area contributed by atoms with Crippen LogP contribution in [0.3, 0.4) is 0 Å². The molecular formula is C26H18N2O4. The molecule has 0 aromatic heterocycles. The van der Waals surface area contributed by atoms with E-state index in [1.165, 1.54) is 9.80 Å². The summed E-state index contributed by atoms with van der Waals surface area (Å²) in [4.78, 5) is 57.3. The van der Waals surface area contributed by atoms with Crippen molar-refractivity contribution in [2.75, 3.05) is 9.80 Å². The fraction of sp³-hybridized carbons (Fsp3) is 0.231. The Labute approximate surface area is 183 Å². The first-order valence-corrected chi connectivity index (χ1v) is 10.6. The Morgan fingerprint density at radius 2 is 1.00 bits per heavy atom. The molecule has 156 valence electrons. The fourth-order valence-corrected chi connectivity index (χ4v) is 7.33. The number of rotatable bonds is 2. The Morgan fingerprint density at radius 1 is 0.594 bits per heavy atom. The normalized spacial score (nSPS) is 38.1. The van der Waals surface area contributed by atoms with E-state index in [-0.39, 0.29) is 11.8 Å². The largest absolute Gasteiger partial charge is 0.273 e. The minimum Gasteiger partial charge on any atom is -0.273 e. The van der Waals surface area contributed by atoms with E-state index < -0.39 is 33.5 Å². The van der Waals surface area contributed by atoms with Crippen molar-refractivity contribution in [3.05, 3.63) is 84.0 Å². The molecule has 2 unspecified atom stereocenters. The van der Waals surface area contributed by atoms with Crippen LogP contribution in [0.25, 0.3) is 0 Å². The monoisotopic (exact) mass is 422 g/mol. The third-order valence-corrected chi connectivity index (χ3v) is 8.91. The van der Waals surface area contributed by atoms with Crippen LogP contribution in [0.2, 0.25) is 0 Å². The van der Waals surface area contributed by atoms with Crippen LogP contribution in [0, 0.1) is 21.7 Å². The molecule has 5 aliphatic rings. The highest BCUT2D eigenvalue weighted by Crippen LogP contribution is 2.97. The van der Waals surface area contributed by atoms with Gasteiger partial charge in [0, 0.05) is 22.0 Å². The minimum absolute atomic E-state index is 0.318. The molecule has 2 aromatic rings. The summed E-state index contributed by atoms with van der Waals surface area (Å²) in [6, 6.07) is 17.6. The lowest BCUT2D eigenvalue weighted by molar-refractivity contribution is -0.130. The first-order chi connectivity index (χ1) is 15.3. The van der Waals surface area contributed by atoms with Crippen LogP contribution < -0.4 is 9.80 Å². The van der Waals surface area contributed by atoms with Crippen molar-refractivity contribution in [3.8, 4) is 0 Å². The van der Waals surface area contributed by atoms with Crippen molar-refractivity contribution in [2.24, 2.45) is 21.7 Å². The number of nitrogens with zero attached hydrogens (tertiary/aromatic N) is 2. The molecule has 0 bridgehead atoms. The molecule has 4 amide bonds. The SMILES string of the molecule is CC12C3=CC45C(=O)N(c6ccccc6)C(=O)C4(C=C1C(=O)N(c1ccccc1)C3=O)C25C. The maximum Gasteiger partial charge on any atom is 0.261 e. The Hall–Kier alpha value is -3.80. The third-order valence-electron chi connectivity index (χ3n) is 8.91. The molecule has 3 aliphatic carbocycles. The van der Waals surface area contributed by atoms with Crippen LogP contribution >= 0.6 is 0 Å². The smallest absolute Gasteiger partial charge is 0.261 e. The second-order valence-electron chi connectivity index (χ2n) is 9.54. The van der Waals surface area contributed by atoms with Crippen LogP contribution in [0.5, 0.6) is 0 Å². The van der Waals surface area contributed by atoms with Gasteiger partial charge in [0.2, 0.25) is 11.8 Å². The van der Waals surface area contributed by atoms with Gasteiger partial charge in [-0.05, 0) is 24.3 Å². The van der Waals surface area contributed by atoms with Crippen LogP contribution in [0.15, 0.2) is 84.0 Å². The number of piperidine rings is 2. The molecule has 6 heteroatoms. The van der Waals surface area contributed by atoms with E-state index in [4.69, 9.17) is 0 Å². The molecule has 7 rings (SSSR count).